The Balaban J connectivity index is 1.59. The molecule has 7 heteroatoms. The third-order valence-corrected chi connectivity index (χ3v) is 6.91. The van der Waals surface area contributed by atoms with Crippen molar-refractivity contribution in [1.82, 2.24) is 9.80 Å². The van der Waals surface area contributed by atoms with E-state index in [1.54, 1.807) is 26.4 Å². The van der Waals surface area contributed by atoms with Crippen LogP contribution < -0.4 is 9.47 Å². The van der Waals surface area contributed by atoms with Crippen LogP contribution in [0.15, 0.2) is 42.5 Å². The Morgan fingerprint density at radius 3 is 2.59 bits per heavy atom. The Morgan fingerprint density at radius 1 is 1.00 bits per heavy atom. The van der Waals surface area contributed by atoms with Crippen LogP contribution in [0, 0.1) is 5.82 Å². The maximum atomic E-state index is 13.7. The minimum absolute atomic E-state index is 0.00758. The van der Waals surface area contributed by atoms with Crippen molar-refractivity contribution in [2.75, 3.05) is 40.5 Å². The number of hydrogen-bond donors (Lipinski definition) is 0. The highest BCUT2D eigenvalue weighted by Gasteiger charge is 2.35. The molecule has 0 N–H and O–H groups in total. The van der Waals surface area contributed by atoms with E-state index in [1.807, 2.05) is 23.1 Å². The van der Waals surface area contributed by atoms with Gasteiger partial charge in [0.25, 0.3) is 5.91 Å². The second kappa shape index (κ2) is 11.7. The van der Waals surface area contributed by atoms with E-state index in [4.69, 9.17) is 14.2 Å². The fourth-order valence-corrected chi connectivity index (χ4v) is 5.06. The van der Waals surface area contributed by atoms with Gasteiger partial charge in [-0.2, -0.15) is 0 Å². The van der Waals surface area contributed by atoms with Crippen LogP contribution in [-0.4, -0.2) is 68.3 Å². The van der Waals surface area contributed by atoms with Crippen molar-refractivity contribution >= 4 is 5.91 Å². The van der Waals surface area contributed by atoms with E-state index in [2.05, 4.69) is 4.90 Å². The number of carbonyl (C=O) groups is 1. The van der Waals surface area contributed by atoms with Crippen LogP contribution >= 0.6 is 0 Å². The first-order chi connectivity index (χ1) is 16.6. The summed E-state index contributed by atoms with van der Waals surface area (Å²) in [5.41, 5.74) is 1.63. The lowest BCUT2D eigenvalue weighted by atomic mass is 9.93. The molecule has 2 aliphatic rings. The van der Waals surface area contributed by atoms with Crippen LogP contribution in [0.25, 0.3) is 0 Å². The zero-order valence-electron chi connectivity index (χ0n) is 20.2. The molecule has 2 atom stereocenters. The van der Waals surface area contributed by atoms with Gasteiger partial charge in [0.1, 0.15) is 23.9 Å². The first-order valence-electron chi connectivity index (χ1n) is 12.2. The number of amides is 1. The minimum atomic E-state index is -0.225. The number of carbonyl (C=O) groups excluding carboxylic acids is 1. The molecular weight excluding hydrogens is 435 g/mol. The van der Waals surface area contributed by atoms with E-state index >= 15 is 0 Å². The third kappa shape index (κ3) is 5.88. The van der Waals surface area contributed by atoms with E-state index < -0.39 is 0 Å². The molecule has 1 saturated heterocycles. The molecule has 1 fully saturated rings. The highest BCUT2D eigenvalue weighted by atomic mass is 19.1. The van der Waals surface area contributed by atoms with Gasteiger partial charge in [-0.3, -0.25) is 9.69 Å². The van der Waals surface area contributed by atoms with Gasteiger partial charge in [-0.25, -0.2) is 4.39 Å². The maximum Gasteiger partial charge on any atom is 0.257 e. The highest BCUT2D eigenvalue weighted by Crippen LogP contribution is 2.31. The van der Waals surface area contributed by atoms with Gasteiger partial charge in [0, 0.05) is 32.8 Å². The number of halogens is 1. The topological polar surface area (TPSA) is 51.2 Å². The van der Waals surface area contributed by atoms with Crippen molar-refractivity contribution in [2.45, 2.75) is 50.8 Å². The van der Waals surface area contributed by atoms with E-state index in [0.29, 0.717) is 30.2 Å². The van der Waals surface area contributed by atoms with Crippen LogP contribution in [-0.2, 0) is 11.3 Å². The predicted octanol–water partition coefficient (Wildman–Crippen LogP) is 4.52. The number of benzene rings is 2. The van der Waals surface area contributed by atoms with Crippen LogP contribution in [0.3, 0.4) is 0 Å². The maximum absolute atomic E-state index is 13.7. The quantitative estimate of drug-likeness (QED) is 0.658. The fraction of sp³-hybridized carbons (Fsp3) is 0.519. The van der Waals surface area contributed by atoms with Gasteiger partial charge in [0.05, 0.1) is 24.8 Å². The Morgan fingerprint density at radius 2 is 1.82 bits per heavy atom. The first kappa shape index (κ1) is 24.5. The van der Waals surface area contributed by atoms with Crippen molar-refractivity contribution in [2.24, 2.45) is 0 Å². The lowest BCUT2D eigenvalue weighted by molar-refractivity contribution is -0.0155. The minimum Gasteiger partial charge on any atom is -0.497 e. The molecule has 0 saturated carbocycles. The summed E-state index contributed by atoms with van der Waals surface area (Å²) in [5.74, 6) is 0.969. The van der Waals surface area contributed by atoms with Gasteiger partial charge in [-0.1, -0.05) is 18.6 Å². The summed E-state index contributed by atoms with van der Waals surface area (Å²) in [6, 6.07) is 12.1. The van der Waals surface area contributed by atoms with Crippen molar-refractivity contribution in [3.8, 4) is 11.5 Å². The van der Waals surface area contributed by atoms with Crippen LogP contribution in [0.5, 0.6) is 11.5 Å². The summed E-state index contributed by atoms with van der Waals surface area (Å²) in [4.78, 5) is 18.0. The fourth-order valence-electron chi connectivity index (χ4n) is 5.06. The van der Waals surface area contributed by atoms with Crippen molar-refractivity contribution in [1.29, 1.82) is 0 Å². The average molecular weight is 471 g/mol. The molecule has 184 valence electrons. The number of methoxy groups -OCH3 is 2. The van der Waals surface area contributed by atoms with Gasteiger partial charge in [-0.05, 0) is 62.1 Å². The van der Waals surface area contributed by atoms with Crippen LogP contribution in [0.1, 0.15) is 48.0 Å². The number of hydrogen-bond acceptors (Lipinski definition) is 5. The third-order valence-electron chi connectivity index (χ3n) is 6.91. The standard InChI is InChI=1S/C27H35FN2O4/c1-32-22-12-13-23-26(18-22)34-17-16-29(19-20-8-10-21(28)11-9-20)14-4-3-6-24-25(33-2)7-5-15-30(24)27(23)31/h8-13,18,24-25H,3-7,14-17,19H2,1-2H3/t24-,25-/m1/s1. The second-order valence-corrected chi connectivity index (χ2v) is 9.09. The lowest BCUT2D eigenvalue weighted by Crippen LogP contribution is -2.51. The summed E-state index contributed by atoms with van der Waals surface area (Å²) < 4.78 is 30.7. The summed E-state index contributed by atoms with van der Waals surface area (Å²) in [6.07, 6.45) is 4.86. The average Bonchev–Trinajstić information content (AvgIpc) is 2.87. The van der Waals surface area contributed by atoms with E-state index in [9.17, 15) is 9.18 Å². The Hall–Kier alpha value is -2.64. The molecule has 2 heterocycles. The lowest BCUT2D eigenvalue weighted by Gasteiger charge is -2.41. The van der Waals surface area contributed by atoms with Crippen molar-refractivity contribution in [3.63, 3.8) is 0 Å². The molecule has 1 amide bonds. The number of rotatable bonds is 4. The second-order valence-electron chi connectivity index (χ2n) is 9.09. The molecule has 0 aromatic heterocycles. The van der Waals surface area contributed by atoms with Crippen LogP contribution in [0.4, 0.5) is 4.39 Å². The van der Waals surface area contributed by atoms with Gasteiger partial charge >= 0.3 is 0 Å². The van der Waals surface area contributed by atoms with Crippen molar-refractivity contribution < 1.29 is 23.4 Å². The van der Waals surface area contributed by atoms with Gasteiger partial charge in [-0.15, -0.1) is 0 Å². The number of nitrogens with zero attached hydrogens (tertiary/aromatic N) is 2. The summed E-state index contributed by atoms with van der Waals surface area (Å²) in [5, 5.41) is 0. The van der Waals surface area contributed by atoms with Gasteiger partial charge in [0.2, 0.25) is 0 Å². The molecule has 2 aromatic carbocycles. The first-order valence-corrected chi connectivity index (χ1v) is 12.2. The van der Waals surface area contributed by atoms with Crippen molar-refractivity contribution in [3.05, 3.63) is 59.4 Å². The molecule has 0 bridgehead atoms. The molecule has 2 aliphatic heterocycles. The largest absolute Gasteiger partial charge is 0.497 e. The normalized spacial score (nSPS) is 22.4. The zero-order chi connectivity index (χ0) is 23.9. The van der Waals surface area contributed by atoms with E-state index in [1.165, 1.54) is 12.1 Å². The zero-order valence-corrected chi connectivity index (χ0v) is 20.2. The molecule has 2 aromatic rings. The summed E-state index contributed by atoms with van der Waals surface area (Å²) in [7, 11) is 3.35. The number of piperidine rings is 1. The van der Waals surface area contributed by atoms with Crippen LogP contribution in [0.2, 0.25) is 0 Å². The molecule has 4 rings (SSSR count). The molecule has 6 nitrogen and oxygen atoms in total. The van der Waals surface area contributed by atoms with E-state index in [-0.39, 0.29) is 23.9 Å². The number of fused-ring (bicyclic) bond motifs is 2. The molecule has 0 unspecified atom stereocenters. The summed E-state index contributed by atoms with van der Waals surface area (Å²) >= 11 is 0. The Labute approximate surface area is 201 Å². The monoisotopic (exact) mass is 470 g/mol. The van der Waals surface area contributed by atoms with E-state index in [0.717, 1.165) is 57.3 Å². The Kier molecular flexibility index (Phi) is 8.40. The predicted molar refractivity (Wildman–Crippen MR) is 129 cm³/mol. The SMILES string of the molecule is COc1ccc2c(c1)OCCN(Cc1ccc(F)cc1)CCCC[C@@H]1[C@H](OC)CCCN1C2=O. The Bertz CT molecular complexity index is 952. The van der Waals surface area contributed by atoms with Gasteiger partial charge < -0.3 is 19.1 Å². The molecular formula is C27H35FN2O4. The summed E-state index contributed by atoms with van der Waals surface area (Å²) in [6.45, 7) is 3.51. The molecule has 0 spiro atoms. The smallest absolute Gasteiger partial charge is 0.257 e. The molecule has 0 aliphatic carbocycles. The number of ether oxygens (including phenoxy) is 3. The molecule has 0 radical (unpaired) electrons. The highest BCUT2D eigenvalue weighted by molar-refractivity contribution is 5.97. The van der Waals surface area contributed by atoms with Gasteiger partial charge in [0.15, 0.2) is 0 Å². The molecule has 34 heavy (non-hydrogen) atoms.